The third-order valence-corrected chi connectivity index (χ3v) is 4.02. The minimum absolute atomic E-state index is 0.151. The van der Waals surface area contributed by atoms with Crippen LogP contribution < -0.4 is 14.8 Å². The van der Waals surface area contributed by atoms with Crippen LogP contribution in [0.3, 0.4) is 0 Å². The number of carbonyl (C=O) groups excluding carboxylic acids is 1. The second kappa shape index (κ2) is 8.36. The highest BCUT2D eigenvalue weighted by Crippen LogP contribution is 2.17. The van der Waals surface area contributed by atoms with Crippen molar-refractivity contribution >= 4 is 21.6 Å². The van der Waals surface area contributed by atoms with Crippen LogP contribution in [0.25, 0.3) is 0 Å². The predicted molar refractivity (Wildman–Crippen MR) is 98.0 cm³/mol. The second-order valence-electron chi connectivity index (χ2n) is 5.65. The maximum absolute atomic E-state index is 12.2. The van der Waals surface area contributed by atoms with E-state index in [1.807, 2.05) is 6.07 Å². The Balaban J connectivity index is 1.96. The number of para-hydroxylation sites is 1. The summed E-state index contributed by atoms with van der Waals surface area (Å²) in [7, 11) is -3.41. The van der Waals surface area contributed by atoms with Crippen molar-refractivity contribution in [1.82, 2.24) is 5.32 Å². The van der Waals surface area contributed by atoms with Gasteiger partial charge in [-0.3, -0.25) is 9.52 Å². The molecule has 7 nitrogen and oxygen atoms in total. The van der Waals surface area contributed by atoms with Gasteiger partial charge < -0.3 is 10.1 Å². The number of nitrogens with zero attached hydrogens (tertiary/aromatic N) is 1. The third kappa shape index (κ3) is 5.79. The summed E-state index contributed by atoms with van der Waals surface area (Å²) in [4.78, 5) is 12.2. The molecule has 2 N–H and O–H groups in total. The Morgan fingerprint density at radius 3 is 2.46 bits per heavy atom. The van der Waals surface area contributed by atoms with Gasteiger partial charge in [0, 0.05) is 6.54 Å². The monoisotopic (exact) mass is 373 g/mol. The molecule has 1 amide bonds. The van der Waals surface area contributed by atoms with Crippen LogP contribution in [-0.2, 0) is 21.4 Å². The van der Waals surface area contributed by atoms with E-state index in [-0.39, 0.29) is 12.5 Å². The summed E-state index contributed by atoms with van der Waals surface area (Å²) in [5, 5.41) is 11.5. The van der Waals surface area contributed by atoms with Crippen molar-refractivity contribution in [2.24, 2.45) is 0 Å². The molecule has 2 aromatic carbocycles. The molecule has 0 aromatic heterocycles. The first-order chi connectivity index (χ1) is 12.3. The number of amides is 1. The molecule has 136 valence electrons. The fraction of sp³-hybridized carbons (Fsp3) is 0.222. The van der Waals surface area contributed by atoms with Crippen LogP contribution in [0.2, 0.25) is 0 Å². The Morgan fingerprint density at radius 2 is 1.85 bits per heavy atom. The van der Waals surface area contributed by atoms with Gasteiger partial charge in [-0.1, -0.05) is 18.2 Å². The third-order valence-electron chi connectivity index (χ3n) is 3.43. The number of carbonyl (C=O) groups is 1. The van der Waals surface area contributed by atoms with Gasteiger partial charge >= 0.3 is 0 Å². The van der Waals surface area contributed by atoms with E-state index in [9.17, 15) is 13.2 Å². The Bertz CT molecular complexity index is 918. The summed E-state index contributed by atoms with van der Waals surface area (Å²) in [6, 6.07) is 15.3. The number of ether oxygens (including phenoxy) is 1. The van der Waals surface area contributed by atoms with E-state index in [4.69, 9.17) is 10.00 Å². The van der Waals surface area contributed by atoms with E-state index in [0.29, 0.717) is 22.6 Å². The predicted octanol–water partition coefficient (Wildman–Crippen LogP) is 2.01. The lowest BCUT2D eigenvalue weighted by Crippen LogP contribution is -2.36. The first-order valence-corrected chi connectivity index (χ1v) is 9.68. The highest BCUT2D eigenvalue weighted by molar-refractivity contribution is 7.92. The minimum atomic E-state index is -3.41. The molecule has 2 aromatic rings. The molecule has 0 saturated carbocycles. The molecule has 0 aliphatic rings. The lowest BCUT2D eigenvalue weighted by Gasteiger charge is -2.16. The van der Waals surface area contributed by atoms with Crippen LogP contribution in [0.15, 0.2) is 48.5 Å². The summed E-state index contributed by atoms with van der Waals surface area (Å²) in [6.07, 6.45) is 0.313. The number of nitrogens with one attached hydrogen (secondary N) is 2. The number of nitriles is 1. The van der Waals surface area contributed by atoms with Crippen LogP contribution in [0, 0.1) is 11.3 Å². The van der Waals surface area contributed by atoms with E-state index in [1.165, 1.54) is 0 Å². The lowest BCUT2D eigenvalue weighted by atomic mass is 10.2. The van der Waals surface area contributed by atoms with Crippen LogP contribution in [0.5, 0.6) is 5.75 Å². The van der Waals surface area contributed by atoms with Gasteiger partial charge in [0.25, 0.3) is 5.91 Å². The lowest BCUT2D eigenvalue weighted by molar-refractivity contribution is -0.127. The Morgan fingerprint density at radius 1 is 1.19 bits per heavy atom. The van der Waals surface area contributed by atoms with E-state index in [0.717, 1.165) is 6.26 Å². The summed E-state index contributed by atoms with van der Waals surface area (Å²) in [5.41, 5.74) is 1.55. The summed E-state index contributed by atoms with van der Waals surface area (Å²) < 4.78 is 30.8. The highest BCUT2D eigenvalue weighted by Gasteiger charge is 2.15. The van der Waals surface area contributed by atoms with Gasteiger partial charge in [-0.2, -0.15) is 5.26 Å². The Kier molecular flexibility index (Phi) is 6.20. The topological polar surface area (TPSA) is 108 Å². The van der Waals surface area contributed by atoms with Gasteiger partial charge in [0.05, 0.1) is 23.6 Å². The molecule has 0 radical (unpaired) electrons. The zero-order valence-corrected chi connectivity index (χ0v) is 15.2. The maximum Gasteiger partial charge on any atom is 0.261 e. The molecule has 1 unspecified atom stereocenters. The molecule has 0 saturated heterocycles. The molecule has 2 rings (SSSR count). The minimum Gasteiger partial charge on any atom is -0.481 e. The van der Waals surface area contributed by atoms with Crippen molar-refractivity contribution in [3.63, 3.8) is 0 Å². The number of sulfonamides is 1. The molecule has 0 aliphatic heterocycles. The summed E-state index contributed by atoms with van der Waals surface area (Å²) >= 11 is 0. The number of hydrogen-bond acceptors (Lipinski definition) is 5. The molecule has 0 aliphatic carbocycles. The molecule has 0 spiro atoms. The van der Waals surface area contributed by atoms with Crippen LogP contribution >= 0.6 is 0 Å². The first kappa shape index (κ1) is 19.3. The van der Waals surface area contributed by atoms with Crippen molar-refractivity contribution in [3.05, 3.63) is 59.7 Å². The first-order valence-electron chi connectivity index (χ1n) is 7.79. The molecule has 0 fully saturated rings. The molecule has 0 heterocycles. The van der Waals surface area contributed by atoms with Crippen molar-refractivity contribution < 1.29 is 17.9 Å². The van der Waals surface area contributed by atoms with E-state index in [1.54, 1.807) is 55.5 Å². The number of hydrogen-bond donors (Lipinski definition) is 2. The quantitative estimate of drug-likeness (QED) is 0.772. The van der Waals surface area contributed by atoms with Gasteiger partial charge in [-0.25, -0.2) is 8.42 Å². The van der Waals surface area contributed by atoms with Gasteiger partial charge in [-0.15, -0.1) is 0 Å². The maximum atomic E-state index is 12.2. The summed E-state index contributed by atoms with van der Waals surface area (Å²) in [5.74, 6) is 0.134. The normalized spacial score (nSPS) is 11.9. The van der Waals surface area contributed by atoms with E-state index in [2.05, 4.69) is 10.0 Å². The van der Waals surface area contributed by atoms with Crippen molar-refractivity contribution in [2.75, 3.05) is 11.0 Å². The van der Waals surface area contributed by atoms with Gasteiger partial charge in [0.15, 0.2) is 6.10 Å². The molecule has 26 heavy (non-hydrogen) atoms. The van der Waals surface area contributed by atoms with Crippen LogP contribution in [0.4, 0.5) is 5.69 Å². The zero-order valence-electron chi connectivity index (χ0n) is 14.4. The van der Waals surface area contributed by atoms with Gasteiger partial charge in [-0.05, 0) is 42.8 Å². The van der Waals surface area contributed by atoms with Crippen molar-refractivity contribution in [3.8, 4) is 11.8 Å². The molecular formula is C18H19N3O4S. The number of rotatable bonds is 7. The average molecular weight is 373 g/mol. The number of anilines is 1. The average Bonchev–Trinajstić information content (AvgIpc) is 2.60. The number of benzene rings is 2. The molecule has 1 atom stereocenters. The standard InChI is InChI=1S/C18H19N3O4S/c1-13(25-16-9-7-14(11-19)8-10-16)18(22)20-12-15-5-3-4-6-17(15)21-26(2,23)24/h3-10,13,21H,12H2,1-2H3,(H,20,22). The van der Waals surface area contributed by atoms with E-state index >= 15 is 0 Å². The highest BCUT2D eigenvalue weighted by atomic mass is 32.2. The summed E-state index contributed by atoms with van der Waals surface area (Å²) in [6.45, 7) is 1.76. The molecular weight excluding hydrogens is 354 g/mol. The van der Waals surface area contributed by atoms with Crippen molar-refractivity contribution in [1.29, 1.82) is 5.26 Å². The fourth-order valence-corrected chi connectivity index (χ4v) is 2.76. The fourth-order valence-electron chi connectivity index (χ4n) is 2.17. The van der Waals surface area contributed by atoms with Crippen LogP contribution in [-0.4, -0.2) is 26.7 Å². The van der Waals surface area contributed by atoms with Gasteiger partial charge in [0.2, 0.25) is 10.0 Å². The second-order valence-corrected chi connectivity index (χ2v) is 7.39. The van der Waals surface area contributed by atoms with Gasteiger partial charge in [0.1, 0.15) is 5.75 Å². The molecule has 8 heteroatoms. The van der Waals surface area contributed by atoms with Crippen LogP contribution in [0.1, 0.15) is 18.1 Å². The smallest absolute Gasteiger partial charge is 0.261 e. The molecule has 0 bridgehead atoms. The Hall–Kier alpha value is -3.05. The zero-order chi connectivity index (χ0) is 19.2. The Labute approximate surface area is 152 Å². The largest absolute Gasteiger partial charge is 0.481 e. The SMILES string of the molecule is CC(Oc1ccc(C#N)cc1)C(=O)NCc1ccccc1NS(C)(=O)=O. The van der Waals surface area contributed by atoms with Crippen molar-refractivity contribution in [2.45, 2.75) is 19.6 Å². The van der Waals surface area contributed by atoms with E-state index < -0.39 is 16.1 Å².